The summed E-state index contributed by atoms with van der Waals surface area (Å²) in [6.07, 6.45) is 3.55. The minimum Gasteiger partial charge on any atom is -0.397 e. The van der Waals surface area contributed by atoms with Crippen LogP contribution in [-0.4, -0.2) is 9.78 Å². The van der Waals surface area contributed by atoms with Gasteiger partial charge in [0.2, 0.25) is 0 Å². The van der Waals surface area contributed by atoms with Gasteiger partial charge in [-0.2, -0.15) is 5.10 Å². The van der Waals surface area contributed by atoms with Gasteiger partial charge in [0.1, 0.15) is 0 Å². The van der Waals surface area contributed by atoms with Gasteiger partial charge in [-0.15, -0.1) is 0 Å². The fourth-order valence-corrected chi connectivity index (χ4v) is 1.72. The van der Waals surface area contributed by atoms with Crippen LogP contribution in [0.25, 0.3) is 5.69 Å². The van der Waals surface area contributed by atoms with Crippen LogP contribution in [0.15, 0.2) is 35.1 Å². The van der Waals surface area contributed by atoms with Crippen LogP contribution < -0.4 is 11.5 Å². The van der Waals surface area contributed by atoms with Crippen LogP contribution in [0.2, 0.25) is 0 Å². The Kier molecular flexibility index (Phi) is 2.17. The molecule has 0 amide bonds. The molecule has 0 radical (unpaired) electrons. The molecule has 2 aromatic rings. The van der Waals surface area contributed by atoms with Crippen LogP contribution in [0.3, 0.4) is 0 Å². The molecule has 0 aliphatic heterocycles. The van der Waals surface area contributed by atoms with Gasteiger partial charge in [-0.3, -0.25) is 0 Å². The summed E-state index contributed by atoms with van der Waals surface area (Å²) in [5, 5.41) is 4.11. The summed E-state index contributed by atoms with van der Waals surface area (Å²) in [6.45, 7) is 0. The molecule has 5 heteroatoms. The third-order valence-corrected chi connectivity index (χ3v) is 2.54. The average Bonchev–Trinajstić information content (AvgIpc) is 2.64. The van der Waals surface area contributed by atoms with Crippen molar-refractivity contribution < 1.29 is 0 Å². The zero-order valence-electron chi connectivity index (χ0n) is 7.31. The van der Waals surface area contributed by atoms with Crippen molar-refractivity contribution in [3.05, 3.63) is 35.1 Å². The van der Waals surface area contributed by atoms with Crippen molar-refractivity contribution in [3.8, 4) is 5.69 Å². The van der Waals surface area contributed by atoms with Crippen LogP contribution in [-0.2, 0) is 0 Å². The first-order valence-electron chi connectivity index (χ1n) is 4.03. The van der Waals surface area contributed by atoms with E-state index in [9.17, 15) is 0 Å². The molecule has 0 bridgehead atoms. The van der Waals surface area contributed by atoms with Gasteiger partial charge < -0.3 is 11.5 Å². The Labute approximate surface area is 89.6 Å². The van der Waals surface area contributed by atoms with Gasteiger partial charge in [-0.25, -0.2) is 4.68 Å². The standard InChI is InChI=1S/C9H9BrN4/c10-6-4-7(11)8(12)5-9(6)14-3-1-2-13-14/h1-5H,11-12H2. The van der Waals surface area contributed by atoms with E-state index in [0.29, 0.717) is 11.4 Å². The van der Waals surface area contributed by atoms with E-state index in [2.05, 4.69) is 21.0 Å². The van der Waals surface area contributed by atoms with E-state index in [0.717, 1.165) is 10.2 Å². The van der Waals surface area contributed by atoms with E-state index in [-0.39, 0.29) is 0 Å². The topological polar surface area (TPSA) is 69.9 Å². The number of nitrogen functional groups attached to an aromatic ring is 2. The molecule has 1 heterocycles. The lowest BCUT2D eigenvalue weighted by atomic mass is 10.2. The van der Waals surface area contributed by atoms with Crippen LogP contribution in [0, 0.1) is 0 Å². The fourth-order valence-electron chi connectivity index (χ4n) is 1.18. The Morgan fingerprint density at radius 3 is 2.57 bits per heavy atom. The summed E-state index contributed by atoms with van der Waals surface area (Å²) < 4.78 is 2.59. The largest absolute Gasteiger partial charge is 0.397 e. The molecule has 14 heavy (non-hydrogen) atoms. The van der Waals surface area contributed by atoms with E-state index in [4.69, 9.17) is 11.5 Å². The lowest BCUT2D eigenvalue weighted by Gasteiger charge is -2.07. The Balaban J connectivity index is 2.60. The van der Waals surface area contributed by atoms with Crippen molar-refractivity contribution in [1.82, 2.24) is 9.78 Å². The first kappa shape index (κ1) is 9.08. The molecule has 2 rings (SSSR count). The van der Waals surface area contributed by atoms with E-state index in [1.54, 1.807) is 23.0 Å². The highest BCUT2D eigenvalue weighted by atomic mass is 79.9. The monoisotopic (exact) mass is 252 g/mol. The lowest BCUT2D eigenvalue weighted by molar-refractivity contribution is 0.877. The summed E-state index contributed by atoms with van der Waals surface area (Å²) in [5.41, 5.74) is 13.4. The van der Waals surface area contributed by atoms with Crippen molar-refractivity contribution in [2.75, 3.05) is 11.5 Å². The zero-order valence-corrected chi connectivity index (χ0v) is 8.90. The highest BCUT2D eigenvalue weighted by Crippen LogP contribution is 2.27. The Hall–Kier alpha value is -1.49. The van der Waals surface area contributed by atoms with Gasteiger partial charge in [-0.05, 0) is 34.1 Å². The van der Waals surface area contributed by atoms with E-state index < -0.39 is 0 Å². The molecule has 4 N–H and O–H groups in total. The molecule has 0 aliphatic carbocycles. The van der Waals surface area contributed by atoms with Gasteiger partial charge in [0, 0.05) is 16.9 Å². The molecular weight excluding hydrogens is 244 g/mol. The summed E-state index contributed by atoms with van der Waals surface area (Å²) in [5.74, 6) is 0. The van der Waals surface area contributed by atoms with Crippen molar-refractivity contribution in [2.45, 2.75) is 0 Å². The van der Waals surface area contributed by atoms with Gasteiger partial charge in [0.25, 0.3) is 0 Å². The number of anilines is 2. The number of nitrogens with two attached hydrogens (primary N) is 2. The molecule has 1 aromatic heterocycles. The minimum absolute atomic E-state index is 0.554. The van der Waals surface area contributed by atoms with Crippen molar-refractivity contribution >= 4 is 27.3 Å². The number of nitrogens with zero attached hydrogens (tertiary/aromatic N) is 2. The van der Waals surface area contributed by atoms with Gasteiger partial charge in [-0.1, -0.05) is 0 Å². The maximum atomic E-state index is 5.71. The number of hydrogen-bond donors (Lipinski definition) is 2. The van der Waals surface area contributed by atoms with Crippen molar-refractivity contribution in [1.29, 1.82) is 0 Å². The van der Waals surface area contributed by atoms with E-state index >= 15 is 0 Å². The average molecular weight is 253 g/mol. The van der Waals surface area contributed by atoms with Crippen LogP contribution in [0.4, 0.5) is 11.4 Å². The first-order chi connectivity index (χ1) is 6.68. The second kappa shape index (κ2) is 3.34. The number of rotatable bonds is 1. The van der Waals surface area contributed by atoms with Crippen LogP contribution in [0.1, 0.15) is 0 Å². The molecule has 0 saturated carbocycles. The smallest absolute Gasteiger partial charge is 0.0809 e. The van der Waals surface area contributed by atoms with Crippen LogP contribution in [0.5, 0.6) is 0 Å². The Bertz CT molecular complexity index is 450. The van der Waals surface area contributed by atoms with E-state index in [1.165, 1.54) is 0 Å². The lowest BCUT2D eigenvalue weighted by Crippen LogP contribution is -2.00. The minimum atomic E-state index is 0.554. The second-order valence-corrected chi connectivity index (χ2v) is 3.74. The third kappa shape index (κ3) is 1.46. The maximum absolute atomic E-state index is 5.71. The molecule has 1 aromatic carbocycles. The number of hydrogen-bond acceptors (Lipinski definition) is 3. The van der Waals surface area contributed by atoms with Crippen molar-refractivity contribution in [3.63, 3.8) is 0 Å². The van der Waals surface area contributed by atoms with Crippen LogP contribution >= 0.6 is 15.9 Å². The molecule has 0 unspecified atom stereocenters. The summed E-state index contributed by atoms with van der Waals surface area (Å²) in [4.78, 5) is 0. The molecule has 0 fully saturated rings. The molecule has 4 nitrogen and oxygen atoms in total. The molecule has 72 valence electrons. The number of benzene rings is 1. The fraction of sp³-hybridized carbons (Fsp3) is 0. The molecule has 0 atom stereocenters. The number of aromatic nitrogens is 2. The van der Waals surface area contributed by atoms with Gasteiger partial charge in [0.05, 0.1) is 17.1 Å². The molecule has 0 saturated heterocycles. The van der Waals surface area contributed by atoms with Crippen molar-refractivity contribution in [2.24, 2.45) is 0 Å². The Morgan fingerprint density at radius 2 is 1.93 bits per heavy atom. The predicted octanol–water partition coefficient (Wildman–Crippen LogP) is 1.80. The van der Waals surface area contributed by atoms with E-state index in [1.807, 2.05) is 12.3 Å². The zero-order chi connectivity index (χ0) is 10.1. The normalized spacial score (nSPS) is 10.4. The third-order valence-electron chi connectivity index (χ3n) is 1.90. The quantitative estimate of drug-likeness (QED) is 0.761. The summed E-state index contributed by atoms with van der Waals surface area (Å²) in [6, 6.07) is 5.40. The first-order valence-corrected chi connectivity index (χ1v) is 4.82. The molecule has 0 aliphatic rings. The van der Waals surface area contributed by atoms with Gasteiger partial charge >= 0.3 is 0 Å². The highest BCUT2D eigenvalue weighted by Gasteiger charge is 2.05. The molecule has 0 spiro atoms. The highest BCUT2D eigenvalue weighted by molar-refractivity contribution is 9.10. The summed E-state index contributed by atoms with van der Waals surface area (Å²) in [7, 11) is 0. The summed E-state index contributed by atoms with van der Waals surface area (Å²) >= 11 is 3.41. The molecular formula is C9H9BrN4. The van der Waals surface area contributed by atoms with Gasteiger partial charge in [0.15, 0.2) is 0 Å². The SMILES string of the molecule is Nc1cc(Br)c(-n2cccn2)cc1N. The second-order valence-electron chi connectivity index (χ2n) is 2.88. The Morgan fingerprint density at radius 1 is 1.21 bits per heavy atom. The maximum Gasteiger partial charge on any atom is 0.0809 e. The number of halogens is 1. The predicted molar refractivity (Wildman–Crippen MR) is 60.1 cm³/mol.